The van der Waals surface area contributed by atoms with Crippen molar-refractivity contribution in [2.45, 2.75) is 52.4 Å². The van der Waals surface area contributed by atoms with E-state index in [1.807, 2.05) is 6.07 Å². The molecule has 1 aromatic carbocycles. The lowest BCUT2D eigenvalue weighted by molar-refractivity contribution is -0.154. The third-order valence-electron chi connectivity index (χ3n) is 3.58. The van der Waals surface area contributed by atoms with E-state index in [1.54, 1.807) is 32.9 Å². The van der Waals surface area contributed by atoms with E-state index in [9.17, 15) is 14.4 Å². The zero-order chi connectivity index (χ0) is 20.7. The second-order valence-electron chi connectivity index (χ2n) is 7.22. The molecule has 0 spiro atoms. The van der Waals surface area contributed by atoms with Crippen molar-refractivity contribution in [2.75, 3.05) is 13.3 Å². The van der Waals surface area contributed by atoms with Gasteiger partial charge < -0.3 is 29.6 Å². The number of rotatable bonds is 7. The number of esters is 1. The van der Waals surface area contributed by atoms with Crippen molar-refractivity contribution >= 4 is 18.0 Å². The normalized spacial score (nSPS) is 13.4. The average Bonchev–Trinajstić information content (AvgIpc) is 3.05. The van der Waals surface area contributed by atoms with Gasteiger partial charge in [-0.3, -0.25) is 9.59 Å². The molecule has 1 heterocycles. The lowest BCUT2D eigenvalue weighted by Crippen LogP contribution is -2.37. The second-order valence-corrected chi connectivity index (χ2v) is 7.22. The first-order valence-electron chi connectivity index (χ1n) is 8.96. The Balaban J connectivity index is 1.67. The van der Waals surface area contributed by atoms with Crippen LogP contribution in [0.25, 0.3) is 0 Å². The van der Waals surface area contributed by atoms with Crippen molar-refractivity contribution in [3.8, 4) is 11.5 Å². The molecule has 0 aliphatic carbocycles. The number of nitrogens with one attached hydrogen (secondary N) is 2. The highest BCUT2D eigenvalue weighted by molar-refractivity contribution is 5.83. The highest BCUT2D eigenvalue weighted by Gasteiger charge is 2.19. The molecule has 0 aromatic heterocycles. The van der Waals surface area contributed by atoms with Gasteiger partial charge in [-0.15, -0.1) is 0 Å². The van der Waals surface area contributed by atoms with Crippen LogP contribution in [0.3, 0.4) is 0 Å². The van der Waals surface area contributed by atoms with E-state index in [0.29, 0.717) is 11.5 Å². The highest BCUT2D eigenvalue weighted by atomic mass is 16.7. The van der Waals surface area contributed by atoms with Crippen LogP contribution in [0.4, 0.5) is 4.79 Å². The largest absolute Gasteiger partial charge is 0.454 e. The summed E-state index contributed by atoms with van der Waals surface area (Å²) in [6.07, 6.45) is -1.64. The molecule has 2 rings (SSSR count). The smallest absolute Gasteiger partial charge is 0.407 e. The number of carbonyl (C=O) groups excluding carboxylic acids is 3. The molecule has 9 heteroatoms. The molecule has 1 atom stereocenters. The number of hydrogen-bond donors (Lipinski definition) is 2. The Labute approximate surface area is 163 Å². The second kappa shape index (κ2) is 9.29. The molecule has 0 unspecified atom stereocenters. The number of ether oxygens (including phenoxy) is 4. The summed E-state index contributed by atoms with van der Waals surface area (Å²) in [6.45, 7) is 7.20. The Morgan fingerprint density at radius 2 is 1.86 bits per heavy atom. The molecule has 1 aromatic rings. The van der Waals surface area contributed by atoms with Gasteiger partial charge in [0.1, 0.15) is 5.60 Å². The van der Waals surface area contributed by atoms with Crippen LogP contribution in [0.15, 0.2) is 18.2 Å². The Morgan fingerprint density at radius 1 is 1.14 bits per heavy atom. The van der Waals surface area contributed by atoms with Gasteiger partial charge in [0.2, 0.25) is 6.79 Å². The predicted molar refractivity (Wildman–Crippen MR) is 98.8 cm³/mol. The Hall–Kier alpha value is -2.97. The molecule has 1 aliphatic heterocycles. The highest BCUT2D eigenvalue weighted by Crippen LogP contribution is 2.32. The molecule has 0 bridgehead atoms. The van der Waals surface area contributed by atoms with Crippen molar-refractivity contribution in [1.82, 2.24) is 10.6 Å². The first-order valence-corrected chi connectivity index (χ1v) is 8.96. The van der Waals surface area contributed by atoms with Crippen LogP contribution >= 0.6 is 0 Å². The van der Waals surface area contributed by atoms with Gasteiger partial charge in [-0.1, -0.05) is 6.07 Å². The lowest BCUT2D eigenvalue weighted by atomic mass is 10.2. The minimum absolute atomic E-state index is 0.0548. The lowest BCUT2D eigenvalue weighted by Gasteiger charge is -2.19. The van der Waals surface area contributed by atoms with Gasteiger partial charge in [0.25, 0.3) is 5.91 Å². The number of carbonyl (C=O) groups is 3. The van der Waals surface area contributed by atoms with E-state index in [-0.39, 0.29) is 26.3 Å². The molecule has 9 nitrogen and oxygen atoms in total. The molecule has 1 aliphatic rings. The minimum atomic E-state index is -0.956. The summed E-state index contributed by atoms with van der Waals surface area (Å²) < 4.78 is 20.6. The number of fused-ring (bicyclic) bond motifs is 1. The van der Waals surface area contributed by atoms with Crippen LogP contribution < -0.4 is 20.1 Å². The zero-order valence-electron chi connectivity index (χ0n) is 16.5. The first kappa shape index (κ1) is 21.3. The van der Waals surface area contributed by atoms with Gasteiger partial charge in [0.15, 0.2) is 17.6 Å². The Bertz CT molecular complexity index is 727. The monoisotopic (exact) mass is 394 g/mol. The zero-order valence-corrected chi connectivity index (χ0v) is 16.5. The maximum atomic E-state index is 12.1. The van der Waals surface area contributed by atoms with E-state index in [4.69, 9.17) is 18.9 Å². The summed E-state index contributed by atoms with van der Waals surface area (Å²) in [5.74, 6) is 0.272. The fraction of sp³-hybridized carbons (Fsp3) is 0.526. The van der Waals surface area contributed by atoms with Crippen molar-refractivity contribution in [1.29, 1.82) is 0 Å². The molecular formula is C19H26N2O7. The molecule has 0 saturated carbocycles. The van der Waals surface area contributed by atoms with E-state index in [0.717, 1.165) is 5.56 Å². The van der Waals surface area contributed by atoms with E-state index < -0.39 is 29.7 Å². The standard InChI is InChI=1S/C19H26N2O7/c1-12(27-16(22)7-8-20-18(24)28-19(2,3)4)17(23)21-10-13-5-6-14-15(9-13)26-11-25-14/h5-6,9,12H,7-8,10-11H2,1-4H3,(H,20,24)(H,21,23)/t12-/m1/s1. The van der Waals surface area contributed by atoms with Crippen LogP contribution in [-0.4, -0.2) is 43.0 Å². The van der Waals surface area contributed by atoms with E-state index >= 15 is 0 Å². The summed E-state index contributed by atoms with van der Waals surface area (Å²) in [5, 5.41) is 5.15. The third kappa shape index (κ3) is 6.98. The van der Waals surface area contributed by atoms with Crippen molar-refractivity contribution in [2.24, 2.45) is 0 Å². The van der Waals surface area contributed by atoms with Gasteiger partial charge in [0.05, 0.1) is 6.42 Å². The van der Waals surface area contributed by atoms with Gasteiger partial charge in [-0.05, 0) is 45.4 Å². The molecule has 28 heavy (non-hydrogen) atoms. The summed E-state index contributed by atoms with van der Waals surface area (Å²) in [6, 6.07) is 5.36. The van der Waals surface area contributed by atoms with E-state index in [2.05, 4.69) is 10.6 Å². The fourth-order valence-electron chi connectivity index (χ4n) is 2.27. The predicted octanol–water partition coefficient (Wildman–Crippen LogP) is 1.88. The summed E-state index contributed by atoms with van der Waals surface area (Å²) in [4.78, 5) is 35.4. The van der Waals surface area contributed by atoms with Gasteiger partial charge in [-0.2, -0.15) is 0 Å². The number of alkyl carbamates (subject to hydrolysis) is 1. The molecule has 154 valence electrons. The van der Waals surface area contributed by atoms with Crippen molar-refractivity contribution < 1.29 is 33.3 Å². The van der Waals surface area contributed by atoms with Crippen LogP contribution in [0, 0.1) is 0 Å². The van der Waals surface area contributed by atoms with Crippen molar-refractivity contribution in [3.63, 3.8) is 0 Å². The number of benzene rings is 1. The summed E-state index contributed by atoms with van der Waals surface area (Å²) in [5.41, 5.74) is 0.215. The maximum Gasteiger partial charge on any atom is 0.407 e. The molecular weight excluding hydrogens is 368 g/mol. The molecule has 0 saturated heterocycles. The average molecular weight is 394 g/mol. The van der Waals surface area contributed by atoms with Crippen molar-refractivity contribution in [3.05, 3.63) is 23.8 Å². The molecule has 2 amide bonds. The topological polar surface area (TPSA) is 112 Å². The van der Waals surface area contributed by atoms with Crippen LogP contribution in [-0.2, 0) is 25.6 Å². The SMILES string of the molecule is C[C@@H](OC(=O)CCNC(=O)OC(C)(C)C)C(=O)NCc1ccc2c(c1)OCO2. The third-order valence-corrected chi connectivity index (χ3v) is 3.58. The van der Waals surface area contributed by atoms with Crippen LogP contribution in [0.2, 0.25) is 0 Å². The Kier molecular flexibility index (Phi) is 7.08. The summed E-state index contributed by atoms with van der Waals surface area (Å²) in [7, 11) is 0. The molecule has 0 radical (unpaired) electrons. The maximum absolute atomic E-state index is 12.1. The van der Waals surface area contributed by atoms with E-state index in [1.165, 1.54) is 6.92 Å². The van der Waals surface area contributed by atoms with Gasteiger partial charge in [0, 0.05) is 13.1 Å². The first-order chi connectivity index (χ1) is 13.1. The molecule has 2 N–H and O–H groups in total. The summed E-state index contributed by atoms with van der Waals surface area (Å²) >= 11 is 0. The van der Waals surface area contributed by atoms with Gasteiger partial charge in [-0.25, -0.2) is 4.79 Å². The quantitative estimate of drug-likeness (QED) is 0.679. The number of hydrogen-bond acceptors (Lipinski definition) is 7. The van der Waals surface area contributed by atoms with Crippen LogP contribution in [0.1, 0.15) is 39.7 Å². The van der Waals surface area contributed by atoms with Gasteiger partial charge >= 0.3 is 12.1 Å². The Morgan fingerprint density at radius 3 is 2.57 bits per heavy atom. The van der Waals surface area contributed by atoms with Crippen LogP contribution in [0.5, 0.6) is 11.5 Å². The minimum Gasteiger partial charge on any atom is -0.454 e. The molecule has 0 fully saturated rings. The fourth-order valence-corrected chi connectivity index (χ4v) is 2.27. The number of amides is 2.